The number of benzene rings is 2. The fraction of sp³-hybridized carbons (Fsp3) is 0.594. The highest BCUT2D eigenvalue weighted by molar-refractivity contribution is 5.51. The molecule has 2 heteroatoms. The number of rotatable bonds is 3. The first-order chi connectivity index (χ1) is 15.8. The summed E-state index contributed by atoms with van der Waals surface area (Å²) in [6, 6.07) is 8.66. The lowest BCUT2D eigenvalue weighted by atomic mass is 9.68. The molecule has 0 heterocycles. The van der Waals surface area contributed by atoms with Crippen molar-refractivity contribution in [3.63, 3.8) is 0 Å². The van der Waals surface area contributed by atoms with Crippen LogP contribution < -0.4 is 0 Å². The second-order valence-corrected chi connectivity index (χ2v) is 13.4. The minimum absolute atomic E-state index is 0.0836. The molecule has 2 bridgehead atoms. The third-order valence-corrected chi connectivity index (χ3v) is 9.39. The molecule has 2 nitrogen and oxygen atoms in total. The molecule has 6 unspecified atom stereocenters. The van der Waals surface area contributed by atoms with E-state index in [1.807, 2.05) is 19.9 Å². The molecule has 182 valence electrons. The van der Waals surface area contributed by atoms with Gasteiger partial charge in [0.25, 0.3) is 0 Å². The molecule has 2 N–H and O–H groups in total. The van der Waals surface area contributed by atoms with Crippen molar-refractivity contribution in [2.45, 2.75) is 96.8 Å². The van der Waals surface area contributed by atoms with Gasteiger partial charge in [-0.3, -0.25) is 0 Å². The Morgan fingerprint density at radius 3 is 1.88 bits per heavy atom. The molecule has 3 aliphatic rings. The molecule has 0 amide bonds. The zero-order chi connectivity index (χ0) is 24.7. The predicted molar refractivity (Wildman–Crippen MR) is 140 cm³/mol. The van der Waals surface area contributed by atoms with Gasteiger partial charge in [-0.1, -0.05) is 70.0 Å². The van der Waals surface area contributed by atoms with E-state index in [1.54, 1.807) is 0 Å². The van der Waals surface area contributed by atoms with Crippen LogP contribution in [0.2, 0.25) is 0 Å². The van der Waals surface area contributed by atoms with Gasteiger partial charge < -0.3 is 10.2 Å². The summed E-state index contributed by atoms with van der Waals surface area (Å²) >= 11 is 0. The lowest BCUT2D eigenvalue weighted by molar-refractivity contribution is 0.213. The second-order valence-electron chi connectivity index (χ2n) is 13.4. The van der Waals surface area contributed by atoms with Gasteiger partial charge in [-0.2, -0.15) is 0 Å². The minimum atomic E-state index is -0.573. The zero-order valence-corrected chi connectivity index (χ0v) is 22.1. The highest BCUT2D eigenvalue weighted by atomic mass is 16.3. The van der Waals surface area contributed by atoms with E-state index in [4.69, 9.17) is 6.92 Å². The smallest absolute Gasteiger partial charge is 0.122 e. The van der Waals surface area contributed by atoms with E-state index in [1.165, 1.54) is 36.0 Å². The summed E-state index contributed by atoms with van der Waals surface area (Å²) in [4.78, 5) is 0. The van der Waals surface area contributed by atoms with Gasteiger partial charge in [-0.15, -0.1) is 0 Å². The van der Waals surface area contributed by atoms with Crippen molar-refractivity contribution >= 4 is 0 Å². The Morgan fingerprint density at radius 2 is 1.29 bits per heavy atom. The third-order valence-electron chi connectivity index (χ3n) is 9.39. The molecule has 3 saturated carbocycles. The number of hydrogen-bond acceptors (Lipinski definition) is 2. The first-order valence-corrected chi connectivity index (χ1v) is 13.2. The summed E-state index contributed by atoms with van der Waals surface area (Å²) in [5.74, 6) is 4.34. The van der Waals surface area contributed by atoms with E-state index in [2.05, 4.69) is 52.8 Å². The summed E-state index contributed by atoms with van der Waals surface area (Å²) in [5.41, 5.74) is 5.96. The van der Waals surface area contributed by atoms with Crippen molar-refractivity contribution in [3.8, 4) is 11.5 Å². The number of hydrogen-bond donors (Lipinski definition) is 2. The maximum absolute atomic E-state index is 11.4. The first-order valence-electron chi connectivity index (χ1n) is 13.2. The Kier molecular flexibility index (Phi) is 5.43. The Hall–Kier alpha value is -1.96. The second kappa shape index (κ2) is 7.77. The molecule has 2 aromatic carbocycles. The molecule has 6 atom stereocenters. The lowest BCUT2D eigenvalue weighted by Gasteiger charge is -2.37. The van der Waals surface area contributed by atoms with E-state index in [-0.39, 0.29) is 5.41 Å². The molecule has 5 rings (SSSR count). The van der Waals surface area contributed by atoms with Gasteiger partial charge in [0.2, 0.25) is 0 Å². The molecule has 0 aliphatic heterocycles. The van der Waals surface area contributed by atoms with Crippen molar-refractivity contribution in [3.05, 3.63) is 64.6 Å². The standard InChI is InChI=1S/C32H42O2/c1-17-11-24(29(33)26(13-17)31(3,4)5)21-10-9-20-19-15-22(23(16-19)28(20)21)25-12-18(2)14-27(30(25)34)32(6,7)8/h3,11-14,19-23,28,33-34H,9-10,15-16H2,1-2,4-8H3. The van der Waals surface area contributed by atoms with Gasteiger partial charge in [0.05, 0.1) is 0 Å². The molecule has 2 aromatic rings. The molecule has 34 heavy (non-hydrogen) atoms. The van der Waals surface area contributed by atoms with Crippen molar-refractivity contribution in [2.24, 2.45) is 23.7 Å². The Labute approximate surface area is 206 Å². The van der Waals surface area contributed by atoms with Gasteiger partial charge in [0.1, 0.15) is 11.5 Å². The number of fused-ring (bicyclic) bond motifs is 5. The van der Waals surface area contributed by atoms with Crippen LogP contribution in [-0.4, -0.2) is 10.2 Å². The maximum Gasteiger partial charge on any atom is 0.122 e. The van der Waals surface area contributed by atoms with Crippen molar-refractivity contribution in [1.82, 2.24) is 0 Å². The monoisotopic (exact) mass is 458 g/mol. The number of phenols is 2. The van der Waals surface area contributed by atoms with Crippen molar-refractivity contribution in [2.75, 3.05) is 0 Å². The van der Waals surface area contributed by atoms with Gasteiger partial charge in [-0.25, -0.2) is 0 Å². The predicted octanol–water partition coefficient (Wildman–Crippen LogP) is 7.93. The fourth-order valence-corrected chi connectivity index (χ4v) is 8.07. The third kappa shape index (κ3) is 3.67. The SMILES string of the molecule is [CH]C(C)(C)c1cc(C)cc(C2CCC3C4CC(c5cc(C)cc(C(C)(C)C)c5O)C(C4)C23)c1O. The van der Waals surface area contributed by atoms with Crippen LogP contribution in [0.5, 0.6) is 11.5 Å². The first kappa shape index (κ1) is 23.8. The van der Waals surface area contributed by atoms with Crippen LogP contribution in [0.15, 0.2) is 24.3 Å². The van der Waals surface area contributed by atoms with Crippen LogP contribution in [0.4, 0.5) is 0 Å². The average Bonchev–Trinajstić information content (AvgIpc) is 3.41. The normalized spacial score (nSPS) is 30.7. The number of phenolic OH excluding ortho intramolecular Hbond substituents is 2. The Morgan fingerprint density at radius 1 is 0.735 bits per heavy atom. The quantitative estimate of drug-likeness (QED) is 0.490. The van der Waals surface area contributed by atoms with Crippen molar-refractivity contribution < 1.29 is 10.2 Å². The fourth-order valence-electron chi connectivity index (χ4n) is 8.07. The highest BCUT2D eigenvalue weighted by Gasteiger charge is 2.58. The Bertz CT molecular complexity index is 1110. The number of aryl methyl sites for hydroxylation is 2. The largest absolute Gasteiger partial charge is 0.507 e. The van der Waals surface area contributed by atoms with Crippen LogP contribution in [0.25, 0.3) is 0 Å². The highest BCUT2D eigenvalue weighted by Crippen LogP contribution is 2.68. The van der Waals surface area contributed by atoms with Gasteiger partial charge in [0, 0.05) is 5.56 Å². The Balaban J connectivity index is 1.55. The molecule has 0 spiro atoms. The molecule has 2 radical (unpaired) electrons. The van der Waals surface area contributed by atoms with Crippen molar-refractivity contribution in [1.29, 1.82) is 0 Å². The molecular formula is C32H42O2. The van der Waals surface area contributed by atoms with Crippen LogP contribution in [0.1, 0.15) is 106 Å². The lowest BCUT2D eigenvalue weighted by Crippen LogP contribution is -2.27. The molecule has 3 fully saturated rings. The van der Waals surface area contributed by atoms with E-state index >= 15 is 0 Å². The minimum Gasteiger partial charge on any atom is -0.507 e. The summed E-state index contributed by atoms with van der Waals surface area (Å²) in [5, 5.41) is 22.8. The van der Waals surface area contributed by atoms with Gasteiger partial charge >= 0.3 is 0 Å². The van der Waals surface area contributed by atoms with Crippen LogP contribution in [0.3, 0.4) is 0 Å². The topological polar surface area (TPSA) is 40.5 Å². The maximum atomic E-state index is 11.4. The van der Waals surface area contributed by atoms with Crippen LogP contribution in [0, 0.1) is 44.4 Å². The molecule has 0 saturated heterocycles. The average molecular weight is 459 g/mol. The van der Waals surface area contributed by atoms with E-state index in [0.717, 1.165) is 34.9 Å². The summed E-state index contributed by atoms with van der Waals surface area (Å²) in [6.45, 7) is 21.2. The summed E-state index contributed by atoms with van der Waals surface area (Å²) in [6.07, 6.45) is 4.85. The number of aromatic hydroxyl groups is 2. The summed E-state index contributed by atoms with van der Waals surface area (Å²) in [7, 11) is 0. The molecular weight excluding hydrogens is 416 g/mol. The van der Waals surface area contributed by atoms with Gasteiger partial charge in [-0.05, 0) is 109 Å². The van der Waals surface area contributed by atoms with E-state index < -0.39 is 5.41 Å². The van der Waals surface area contributed by atoms with Gasteiger partial charge in [0.15, 0.2) is 0 Å². The molecule has 0 aromatic heterocycles. The van der Waals surface area contributed by atoms with E-state index in [0.29, 0.717) is 35.2 Å². The molecule has 3 aliphatic carbocycles. The van der Waals surface area contributed by atoms with Crippen LogP contribution in [-0.2, 0) is 10.8 Å². The van der Waals surface area contributed by atoms with E-state index in [9.17, 15) is 10.2 Å². The van der Waals surface area contributed by atoms with Crippen LogP contribution >= 0.6 is 0 Å². The zero-order valence-electron chi connectivity index (χ0n) is 22.1. The summed E-state index contributed by atoms with van der Waals surface area (Å²) < 4.78 is 0.